The van der Waals surface area contributed by atoms with Crippen molar-refractivity contribution in [2.24, 2.45) is 5.92 Å². The highest BCUT2D eigenvalue weighted by atomic mass is 35.5. The fourth-order valence-corrected chi connectivity index (χ4v) is 4.58. The molecule has 1 N–H and O–H groups in total. The van der Waals surface area contributed by atoms with E-state index in [1.54, 1.807) is 6.07 Å². The summed E-state index contributed by atoms with van der Waals surface area (Å²) in [5, 5.41) is 9.39. The van der Waals surface area contributed by atoms with Gasteiger partial charge in [0, 0.05) is 29.9 Å². The summed E-state index contributed by atoms with van der Waals surface area (Å²) >= 11 is 7.72. The molecule has 0 amide bonds. The third-order valence-electron chi connectivity index (χ3n) is 5.26. The molecule has 6 nitrogen and oxygen atoms in total. The Bertz CT molecular complexity index is 1010. The third-order valence-corrected chi connectivity index (χ3v) is 6.50. The van der Waals surface area contributed by atoms with Gasteiger partial charge in [-0.25, -0.2) is 4.98 Å². The summed E-state index contributed by atoms with van der Waals surface area (Å²) in [4.78, 5) is 19.7. The second-order valence-corrected chi connectivity index (χ2v) is 8.60. The number of nitrogens with zero attached hydrogens (tertiary/aromatic N) is 4. The predicted molar refractivity (Wildman–Crippen MR) is 114 cm³/mol. The molecule has 0 bridgehead atoms. The number of halogens is 1. The molecule has 148 valence electrons. The van der Waals surface area contributed by atoms with Crippen LogP contribution in [0.4, 0.5) is 5.13 Å². The number of fused-ring (bicyclic) bond motifs is 1. The van der Waals surface area contributed by atoms with Crippen LogP contribution in [0.5, 0.6) is 0 Å². The van der Waals surface area contributed by atoms with Crippen molar-refractivity contribution in [3.63, 3.8) is 0 Å². The van der Waals surface area contributed by atoms with E-state index in [4.69, 9.17) is 11.6 Å². The molecule has 0 spiro atoms. The lowest BCUT2D eigenvalue weighted by Gasteiger charge is -2.32. The normalized spacial score (nSPS) is 15.9. The van der Waals surface area contributed by atoms with E-state index in [-0.39, 0.29) is 5.56 Å². The van der Waals surface area contributed by atoms with Crippen molar-refractivity contribution in [1.82, 2.24) is 19.5 Å². The number of rotatable bonds is 6. The van der Waals surface area contributed by atoms with Gasteiger partial charge in [-0.3, -0.25) is 9.69 Å². The maximum atomic E-state index is 12.1. The third kappa shape index (κ3) is 4.37. The first-order valence-corrected chi connectivity index (χ1v) is 10.9. The number of hydrogen-bond donors (Lipinski definition) is 1. The molecular formula is C20H24ClN5OS. The number of nitrogens with one attached hydrogen (secondary N) is 1. The van der Waals surface area contributed by atoms with E-state index in [1.807, 2.05) is 25.1 Å². The molecule has 1 aliphatic heterocycles. The molecule has 3 heterocycles. The van der Waals surface area contributed by atoms with Gasteiger partial charge in [0.25, 0.3) is 5.56 Å². The molecule has 1 saturated heterocycles. The van der Waals surface area contributed by atoms with Crippen LogP contribution < -0.4 is 10.9 Å². The summed E-state index contributed by atoms with van der Waals surface area (Å²) in [5.74, 6) is 0.602. The van der Waals surface area contributed by atoms with Crippen LogP contribution in [0.2, 0.25) is 5.02 Å². The molecule has 1 aromatic carbocycles. The Balaban J connectivity index is 1.31. The van der Waals surface area contributed by atoms with Gasteiger partial charge in [0.1, 0.15) is 0 Å². The van der Waals surface area contributed by atoms with Gasteiger partial charge in [-0.1, -0.05) is 48.1 Å². The first-order valence-electron chi connectivity index (χ1n) is 9.72. The summed E-state index contributed by atoms with van der Waals surface area (Å²) in [6, 6.07) is 9.63. The molecule has 0 aliphatic carbocycles. The molecule has 0 saturated carbocycles. The summed E-state index contributed by atoms with van der Waals surface area (Å²) in [5.41, 5.74) is 1.89. The van der Waals surface area contributed by atoms with Crippen LogP contribution >= 0.6 is 22.9 Å². The minimum atomic E-state index is -0.112. The topological polar surface area (TPSA) is 62.5 Å². The van der Waals surface area contributed by atoms with Crippen molar-refractivity contribution in [3.05, 3.63) is 57.0 Å². The first-order chi connectivity index (χ1) is 13.6. The molecule has 2 aromatic heterocycles. The molecule has 1 aliphatic rings. The van der Waals surface area contributed by atoms with E-state index in [2.05, 4.69) is 26.4 Å². The minimum absolute atomic E-state index is 0.112. The van der Waals surface area contributed by atoms with Crippen molar-refractivity contribution >= 4 is 33.0 Å². The van der Waals surface area contributed by atoms with Crippen molar-refractivity contribution in [2.75, 3.05) is 25.0 Å². The molecular weight excluding hydrogens is 394 g/mol. The molecule has 3 aromatic rings. The molecule has 0 atom stereocenters. The lowest BCUT2D eigenvalue weighted by atomic mass is 9.96. The Morgan fingerprint density at radius 1 is 1.29 bits per heavy atom. The molecule has 4 rings (SSSR count). The van der Waals surface area contributed by atoms with Crippen LogP contribution in [-0.4, -0.2) is 39.1 Å². The highest BCUT2D eigenvalue weighted by Crippen LogP contribution is 2.23. The van der Waals surface area contributed by atoms with Gasteiger partial charge in [-0.2, -0.15) is 4.52 Å². The average molecular weight is 418 g/mol. The fourth-order valence-electron chi connectivity index (χ4n) is 3.56. The summed E-state index contributed by atoms with van der Waals surface area (Å²) in [6.45, 7) is 5.91. The molecule has 0 unspecified atom stereocenters. The Morgan fingerprint density at radius 3 is 2.82 bits per heavy atom. The minimum Gasteiger partial charge on any atom is -0.360 e. The van der Waals surface area contributed by atoms with Crippen molar-refractivity contribution in [1.29, 1.82) is 0 Å². The Morgan fingerprint density at radius 2 is 2.07 bits per heavy atom. The van der Waals surface area contributed by atoms with Gasteiger partial charge in [0.05, 0.1) is 0 Å². The Labute approximate surface area is 173 Å². The monoisotopic (exact) mass is 417 g/mol. The SMILES string of the molecule is CCc1cc(=O)n2nc(NCC3CCN(Cc4ccccc4Cl)CC3)sc2n1. The van der Waals surface area contributed by atoms with Crippen LogP contribution in [-0.2, 0) is 13.0 Å². The molecule has 0 radical (unpaired) electrons. The zero-order valence-corrected chi connectivity index (χ0v) is 17.5. The first kappa shape index (κ1) is 19.4. The van der Waals surface area contributed by atoms with Gasteiger partial charge in [0.15, 0.2) is 0 Å². The van der Waals surface area contributed by atoms with Crippen molar-refractivity contribution in [3.8, 4) is 0 Å². The molecule has 8 heteroatoms. The number of likely N-dealkylation sites (tertiary alicyclic amines) is 1. The van der Waals surface area contributed by atoms with E-state index in [1.165, 1.54) is 21.4 Å². The standard InChI is InChI=1S/C20H24ClN5OS/c1-2-16-11-18(27)26-20(23-16)28-19(24-26)22-12-14-7-9-25(10-8-14)13-15-5-3-4-6-17(15)21/h3-6,11,14H,2,7-10,12-13H2,1H3,(H,22,24). The highest BCUT2D eigenvalue weighted by molar-refractivity contribution is 7.20. The van der Waals surface area contributed by atoms with Gasteiger partial charge in [-0.05, 0) is 49.9 Å². The summed E-state index contributed by atoms with van der Waals surface area (Å²) < 4.78 is 1.39. The van der Waals surface area contributed by atoms with E-state index in [0.29, 0.717) is 10.9 Å². The maximum Gasteiger partial charge on any atom is 0.275 e. The van der Waals surface area contributed by atoms with Crippen molar-refractivity contribution < 1.29 is 0 Å². The lowest BCUT2D eigenvalue weighted by Crippen LogP contribution is -2.35. The van der Waals surface area contributed by atoms with Crippen LogP contribution in [0, 0.1) is 5.92 Å². The van der Waals surface area contributed by atoms with Crippen molar-refractivity contribution in [2.45, 2.75) is 32.7 Å². The van der Waals surface area contributed by atoms with Crippen LogP contribution in [0.25, 0.3) is 4.96 Å². The highest BCUT2D eigenvalue weighted by Gasteiger charge is 2.20. The largest absolute Gasteiger partial charge is 0.360 e. The van der Waals surface area contributed by atoms with Crippen LogP contribution in [0.15, 0.2) is 35.1 Å². The van der Waals surface area contributed by atoms with Gasteiger partial charge in [-0.15, -0.1) is 5.10 Å². The number of hydrogen-bond acceptors (Lipinski definition) is 6. The van der Waals surface area contributed by atoms with Gasteiger partial charge < -0.3 is 5.32 Å². The second-order valence-electron chi connectivity index (χ2n) is 7.23. The van der Waals surface area contributed by atoms with Gasteiger partial charge >= 0.3 is 0 Å². The maximum absolute atomic E-state index is 12.1. The smallest absolute Gasteiger partial charge is 0.275 e. The molecule has 1 fully saturated rings. The number of piperidine rings is 1. The van der Waals surface area contributed by atoms with E-state index in [9.17, 15) is 4.79 Å². The number of benzene rings is 1. The Kier molecular flexibility index (Phi) is 5.94. The summed E-state index contributed by atoms with van der Waals surface area (Å²) in [7, 11) is 0. The number of aryl methyl sites for hydroxylation is 1. The van der Waals surface area contributed by atoms with E-state index < -0.39 is 0 Å². The zero-order valence-electron chi connectivity index (χ0n) is 15.9. The summed E-state index contributed by atoms with van der Waals surface area (Å²) in [6.07, 6.45) is 3.03. The lowest BCUT2D eigenvalue weighted by molar-refractivity contribution is 0.182. The van der Waals surface area contributed by atoms with Gasteiger partial charge in [0.2, 0.25) is 10.1 Å². The zero-order chi connectivity index (χ0) is 19.5. The Hall–Kier alpha value is -1.96. The predicted octanol–water partition coefficient (Wildman–Crippen LogP) is 3.69. The van der Waals surface area contributed by atoms with E-state index in [0.717, 1.165) is 61.3 Å². The average Bonchev–Trinajstić information content (AvgIpc) is 3.13. The fraction of sp³-hybridized carbons (Fsp3) is 0.450. The van der Waals surface area contributed by atoms with Crippen LogP contribution in [0.3, 0.4) is 0 Å². The second kappa shape index (κ2) is 8.59. The number of anilines is 1. The number of aromatic nitrogens is 3. The molecule has 28 heavy (non-hydrogen) atoms. The quantitative estimate of drug-likeness (QED) is 0.662. The van der Waals surface area contributed by atoms with Crippen LogP contribution in [0.1, 0.15) is 31.0 Å². The van der Waals surface area contributed by atoms with E-state index >= 15 is 0 Å².